The summed E-state index contributed by atoms with van der Waals surface area (Å²) in [6, 6.07) is 5.94. The number of likely N-dealkylation sites (tertiary alicyclic amines) is 1. The number of Topliss-reactive ketones (excluding diaryl/α,β-unsaturated/α-hetero) is 1. The van der Waals surface area contributed by atoms with Crippen LogP contribution in [0.5, 0.6) is 5.75 Å². The van der Waals surface area contributed by atoms with Crippen molar-refractivity contribution in [2.75, 3.05) is 19.6 Å². The molecule has 1 aliphatic heterocycles. The Bertz CT molecular complexity index is 508. The fourth-order valence-corrected chi connectivity index (χ4v) is 2.59. The van der Waals surface area contributed by atoms with Crippen LogP contribution in [0, 0.1) is 5.92 Å². The number of carbonyl (C=O) groups is 1. The Morgan fingerprint density at radius 3 is 2.27 bits per heavy atom. The first-order valence-electron chi connectivity index (χ1n) is 7.08. The molecule has 1 fully saturated rings. The molecule has 0 saturated carbocycles. The van der Waals surface area contributed by atoms with Crippen LogP contribution in [0.25, 0.3) is 0 Å². The summed E-state index contributed by atoms with van der Waals surface area (Å²) < 4.78 is 36.9. The quantitative estimate of drug-likeness (QED) is 0.836. The minimum absolute atomic E-state index is 0.0592. The molecule has 2 N–H and O–H groups in total. The van der Waals surface area contributed by atoms with Crippen molar-refractivity contribution in [2.45, 2.75) is 25.1 Å². The first-order chi connectivity index (χ1) is 10.3. The number of rotatable bonds is 4. The van der Waals surface area contributed by atoms with Crippen molar-refractivity contribution in [3.05, 3.63) is 29.8 Å². The predicted molar refractivity (Wildman–Crippen MR) is 73.7 cm³/mol. The summed E-state index contributed by atoms with van der Waals surface area (Å²) in [5.41, 5.74) is 0.492. The van der Waals surface area contributed by atoms with Gasteiger partial charge >= 0.3 is 6.18 Å². The van der Waals surface area contributed by atoms with Crippen LogP contribution in [-0.4, -0.2) is 52.8 Å². The number of aliphatic hydroxyl groups excluding tert-OH is 1. The molecule has 22 heavy (non-hydrogen) atoms. The van der Waals surface area contributed by atoms with Crippen molar-refractivity contribution < 1.29 is 28.2 Å². The molecule has 0 aliphatic carbocycles. The van der Waals surface area contributed by atoms with Gasteiger partial charge in [-0.3, -0.25) is 4.79 Å². The van der Waals surface area contributed by atoms with Crippen molar-refractivity contribution >= 4 is 5.78 Å². The van der Waals surface area contributed by atoms with Crippen molar-refractivity contribution in [3.63, 3.8) is 0 Å². The summed E-state index contributed by atoms with van der Waals surface area (Å²) in [5, 5.41) is 18.3. The number of aliphatic hydroxyl groups is 1. The number of β-amino-alcohol motifs (C(OH)–C–C–N with tert-alkyl or cyclic N) is 1. The Morgan fingerprint density at radius 1 is 1.23 bits per heavy atom. The lowest BCUT2D eigenvalue weighted by atomic mass is 9.89. The van der Waals surface area contributed by atoms with E-state index < -0.39 is 18.8 Å². The molecule has 1 aromatic carbocycles. The summed E-state index contributed by atoms with van der Waals surface area (Å²) in [4.78, 5) is 13.8. The molecule has 1 aromatic rings. The van der Waals surface area contributed by atoms with Gasteiger partial charge in [-0.15, -0.1) is 0 Å². The van der Waals surface area contributed by atoms with Crippen LogP contribution >= 0.6 is 0 Å². The maximum atomic E-state index is 12.3. The summed E-state index contributed by atoms with van der Waals surface area (Å²) in [5.74, 6) is -0.215. The maximum Gasteiger partial charge on any atom is 0.415 e. The number of hydrogen-bond donors (Lipinski definition) is 2. The smallest absolute Gasteiger partial charge is 0.415 e. The zero-order valence-electron chi connectivity index (χ0n) is 11.9. The highest BCUT2D eigenvalue weighted by molar-refractivity contribution is 5.98. The van der Waals surface area contributed by atoms with Crippen LogP contribution in [0.15, 0.2) is 24.3 Å². The first kappa shape index (κ1) is 16.8. The largest absolute Gasteiger partial charge is 0.508 e. The molecule has 0 aromatic heterocycles. The molecule has 122 valence electrons. The Labute approximate surface area is 126 Å². The number of hydrogen-bond acceptors (Lipinski definition) is 4. The lowest BCUT2D eigenvalue weighted by Crippen LogP contribution is -2.45. The Balaban J connectivity index is 1.87. The SMILES string of the molecule is O=C(c1ccc(O)cc1)C1CCN(C[C@H](O)C(F)(F)F)CC1. The summed E-state index contributed by atoms with van der Waals surface area (Å²) >= 11 is 0. The molecule has 1 atom stereocenters. The Kier molecular flexibility index (Phi) is 5.08. The Hall–Kier alpha value is -1.60. The van der Waals surface area contributed by atoms with E-state index in [2.05, 4.69) is 0 Å². The van der Waals surface area contributed by atoms with E-state index in [4.69, 9.17) is 5.11 Å². The number of nitrogens with zero attached hydrogens (tertiary/aromatic N) is 1. The molecule has 1 saturated heterocycles. The lowest BCUT2D eigenvalue weighted by Gasteiger charge is -2.32. The number of carbonyl (C=O) groups excluding carboxylic acids is 1. The highest BCUT2D eigenvalue weighted by Crippen LogP contribution is 2.25. The number of aromatic hydroxyl groups is 1. The number of benzene rings is 1. The van der Waals surface area contributed by atoms with Gasteiger partial charge in [0.2, 0.25) is 0 Å². The molecular formula is C15H18F3NO3. The fourth-order valence-electron chi connectivity index (χ4n) is 2.59. The van der Waals surface area contributed by atoms with Crippen molar-refractivity contribution in [3.8, 4) is 5.75 Å². The van der Waals surface area contributed by atoms with E-state index >= 15 is 0 Å². The standard InChI is InChI=1S/C15H18F3NO3/c16-15(17,18)13(21)9-19-7-5-11(6-8-19)14(22)10-1-3-12(20)4-2-10/h1-4,11,13,20-21H,5-9H2/t13-/m0/s1. The van der Waals surface area contributed by atoms with E-state index in [1.54, 1.807) is 0 Å². The topological polar surface area (TPSA) is 60.8 Å². The van der Waals surface area contributed by atoms with Crippen LogP contribution in [-0.2, 0) is 0 Å². The normalized spacial score (nSPS) is 19.1. The molecule has 4 nitrogen and oxygen atoms in total. The number of halogens is 3. The fraction of sp³-hybridized carbons (Fsp3) is 0.533. The van der Waals surface area contributed by atoms with Crippen molar-refractivity contribution in [2.24, 2.45) is 5.92 Å². The van der Waals surface area contributed by atoms with Gasteiger partial charge in [0.1, 0.15) is 5.75 Å². The van der Waals surface area contributed by atoms with E-state index in [9.17, 15) is 23.1 Å². The average molecular weight is 317 g/mol. The van der Waals surface area contributed by atoms with Crippen LogP contribution in [0.4, 0.5) is 13.2 Å². The molecule has 0 spiro atoms. The highest BCUT2D eigenvalue weighted by atomic mass is 19.4. The predicted octanol–water partition coefficient (Wildman–Crippen LogP) is 2.21. The van der Waals surface area contributed by atoms with Crippen molar-refractivity contribution in [1.29, 1.82) is 0 Å². The average Bonchev–Trinajstić information content (AvgIpc) is 2.47. The van der Waals surface area contributed by atoms with Gasteiger partial charge < -0.3 is 15.1 Å². The van der Waals surface area contributed by atoms with E-state index in [-0.39, 0.29) is 17.5 Å². The second kappa shape index (κ2) is 6.66. The molecular weight excluding hydrogens is 299 g/mol. The van der Waals surface area contributed by atoms with Gasteiger partial charge in [0, 0.05) is 18.0 Å². The van der Waals surface area contributed by atoms with Crippen LogP contribution in [0.2, 0.25) is 0 Å². The molecule has 0 bridgehead atoms. The molecule has 2 rings (SSSR count). The van der Waals surface area contributed by atoms with Gasteiger partial charge in [-0.2, -0.15) is 13.2 Å². The molecule has 0 unspecified atom stereocenters. The number of alkyl halides is 3. The zero-order chi connectivity index (χ0) is 16.3. The number of phenols is 1. The van der Waals surface area contributed by atoms with Crippen molar-refractivity contribution in [1.82, 2.24) is 4.90 Å². The third kappa shape index (κ3) is 4.20. The lowest BCUT2D eigenvalue weighted by molar-refractivity contribution is -0.208. The molecule has 0 radical (unpaired) electrons. The molecule has 0 amide bonds. The summed E-state index contributed by atoms with van der Waals surface area (Å²) in [6.07, 6.45) is -6.04. The van der Waals surface area contributed by atoms with Gasteiger partial charge in [0.05, 0.1) is 0 Å². The maximum absolute atomic E-state index is 12.3. The minimum atomic E-state index is -4.61. The van der Waals surface area contributed by atoms with Gasteiger partial charge in [0.25, 0.3) is 0 Å². The van der Waals surface area contributed by atoms with Gasteiger partial charge in [-0.25, -0.2) is 0 Å². The van der Waals surface area contributed by atoms with E-state index in [0.29, 0.717) is 31.5 Å². The number of phenolic OH excluding ortho intramolecular Hbond substituents is 1. The minimum Gasteiger partial charge on any atom is -0.508 e. The molecule has 7 heteroatoms. The summed E-state index contributed by atoms with van der Waals surface area (Å²) in [6.45, 7) is 0.243. The Morgan fingerprint density at radius 2 is 1.77 bits per heavy atom. The van der Waals surface area contributed by atoms with Gasteiger partial charge in [0.15, 0.2) is 11.9 Å². The second-order valence-electron chi connectivity index (χ2n) is 5.54. The number of ketones is 1. The van der Waals surface area contributed by atoms with Crippen LogP contribution in [0.1, 0.15) is 23.2 Å². The third-order valence-corrected chi connectivity index (χ3v) is 3.92. The third-order valence-electron chi connectivity index (χ3n) is 3.92. The van der Waals surface area contributed by atoms with E-state index in [1.165, 1.54) is 29.2 Å². The second-order valence-corrected chi connectivity index (χ2v) is 5.54. The van der Waals surface area contributed by atoms with E-state index in [1.807, 2.05) is 0 Å². The van der Waals surface area contributed by atoms with Crippen LogP contribution < -0.4 is 0 Å². The number of piperidine rings is 1. The first-order valence-corrected chi connectivity index (χ1v) is 7.08. The van der Waals surface area contributed by atoms with Gasteiger partial charge in [-0.05, 0) is 50.2 Å². The van der Waals surface area contributed by atoms with E-state index in [0.717, 1.165) is 0 Å². The summed E-state index contributed by atoms with van der Waals surface area (Å²) in [7, 11) is 0. The zero-order valence-corrected chi connectivity index (χ0v) is 11.9. The molecule has 1 heterocycles. The van der Waals surface area contributed by atoms with Gasteiger partial charge in [-0.1, -0.05) is 0 Å². The van der Waals surface area contributed by atoms with Crippen LogP contribution in [0.3, 0.4) is 0 Å². The monoisotopic (exact) mass is 317 g/mol. The molecule has 1 aliphatic rings. The highest BCUT2D eigenvalue weighted by Gasteiger charge is 2.39.